The van der Waals surface area contributed by atoms with E-state index in [4.69, 9.17) is 9.31 Å². The van der Waals surface area contributed by atoms with Crippen molar-refractivity contribution in [3.63, 3.8) is 0 Å². The van der Waals surface area contributed by atoms with Gasteiger partial charge < -0.3 is 9.31 Å². The fraction of sp³-hybridized carbons (Fsp3) is 0.867. The average Bonchev–Trinajstić information content (AvgIpc) is 2.56. The van der Waals surface area contributed by atoms with Crippen molar-refractivity contribution in [2.24, 2.45) is 0 Å². The Kier molecular flexibility index (Phi) is 3.51. The molecule has 2 aliphatic heterocycles. The van der Waals surface area contributed by atoms with Crippen LogP contribution in [0.3, 0.4) is 0 Å². The molecule has 0 amide bonds. The molecule has 0 radical (unpaired) electrons. The lowest BCUT2D eigenvalue weighted by Gasteiger charge is -2.43. The number of halogens is 2. The highest BCUT2D eigenvalue weighted by Gasteiger charge is 2.53. The lowest BCUT2D eigenvalue weighted by Crippen LogP contribution is -2.52. The monoisotopic (exact) mass is 299 g/mol. The third-order valence-corrected chi connectivity index (χ3v) is 5.42. The van der Waals surface area contributed by atoms with Gasteiger partial charge in [-0.15, -0.1) is 0 Å². The van der Waals surface area contributed by atoms with Crippen molar-refractivity contribution in [3.05, 3.63) is 11.5 Å². The molecule has 6 heteroatoms. The van der Waals surface area contributed by atoms with E-state index in [2.05, 4.69) is 11.0 Å². The zero-order valence-electron chi connectivity index (χ0n) is 13.3. The molecular weight excluding hydrogens is 275 g/mol. The highest BCUT2D eigenvalue weighted by atomic mass is 19.3. The van der Waals surface area contributed by atoms with E-state index in [0.29, 0.717) is 0 Å². The van der Waals surface area contributed by atoms with Crippen LogP contribution in [0.5, 0.6) is 0 Å². The van der Waals surface area contributed by atoms with E-state index in [9.17, 15) is 8.78 Å². The molecule has 1 saturated carbocycles. The van der Waals surface area contributed by atoms with Crippen molar-refractivity contribution in [2.45, 2.75) is 70.1 Å². The quantitative estimate of drug-likeness (QED) is 0.732. The van der Waals surface area contributed by atoms with E-state index < -0.39 is 5.92 Å². The standard InChI is InChI=1S/C15H24BF2NO2/c1-13(2)14(3,4)21-16(20-13)11-5-7-19(8-6-11)12-9-15(17,18)10-12/h5,12H,6-10H2,1-4H3. The summed E-state index contributed by atoms with van der Waals surface area (Å²) in [7, 11) is -0.292. The molecular formula is C15H24BF2NO2. The number of alkyl halides is 2. The van der Waals surface area contributed by atoms with Gasteiger partial charge in [0.2, 0.25) is 0 Å². The molecule has 21 heavy (non-hydrogen) atoms. The maximum Gasteiger partial charge on any atom is 0.490 e. The zero-order chi connectivity index (χ0) is 15.5. The Morgan fingerprint density at radius 1 is 1.14 bits per heavy atom. The van der Waals surface area contributed by atoms with Gasteiger partial charge in [-0.2, -0.15) is 0 Å². The SMILES string of the molecule is CC1(C)OB(C2=CCN(C3CC(F)(F)C3)CC2)OC1(C)C. The van der Waals surface area contributed by atoms with Crippen LogP contribution in [0.25, 0.3) is 0 Å². The molecule has 3 nitrogen and oxygen atoms in total. The van der Waals surface area contributed by atoms with Crippen molar-refractivity contribution in [1.29, 1.82) is 0 Å². The summed E-state index contributed by atoms with van der Waals surface area (Å²) in [4.78, 5) is 2.14. The largest absolute Gasteiger partial charge is 0.490 e. The van der Waals surface area contributed by atoms with Gasteiger partial charge >= 0.3 is 7.12 Å². The van der Waals surface area contributed by atoms with Crippen molar-refractivity contribution < 1.29 is 18.1 Å². The maximum absolute atomic E-state index is 13.0. The average molecular weight is 299 g/mol. The molecule has 0 aromatic carbocycles. The first kappa shape index (κ1) is 15.4. The predicted molar refractivity (Wildman–Crippen MR) is 78.3 cm³/mol. The van der Waals surface area contributed by atoms with E-state index in [0.717, 1.165) is 25.0 Å². The second-order valence-corrected chi connectivity index (χ2v) is 7.53. The van der Waals surface area contributed by atoms with Gasteiger partial charge in [-0.3, -0.25) is 4.90 Å². The summed E-state index contributed by atoms with van der Waals surface area (Å²) in [5.74, 6) is -2.44. The van der Waals surface area contributed by atoms with Crippen LogP contribution in [0.15, 0.2) is 11.5 Å². The fourth-order valence-electron chi connectivity index (χ4n) is 3.13. The summed E-state index contributed by atoms with van der Waals surface area (Å²) < 4.78 is 38.0. The van der Waals surface area contributed by atoms with Gasteiger partial charge in [0.15, 0.2) is 0 Å². The van der Waals surface area contributed by atoms with Gasteiger partial charge in [0.05, 0.1) is 11.2 Å². The molecule has 3 rings (SSSR count). The van der Waals surface area contributed by atoms with Gasteiger partial charge in [0, 0.05) is 32.0 Å². The van der Waals surface area contributed by atoms with E-state index in [1.807, 2.05) is 27.7 Å². The topological polar surface area (TPSA) is 21.7 Å². The third-order valence-electron chi connectivity index (χ3n) is 5.42. The van der Waals surface area contributed by atoms with Crippen LogP contribution in [0.2, 0.25) is 0 Å². The summed E-state index contributed by atoms with van der Waals surface area (Å²) >= 11 is 0. The van der Waals surface area contributed by atoms with Crippen molar-refractivity contribution in [3.8, 4) is 0 Å². The smallest absolute Gasteiger partial charge is 0.400 e. The summed E-state index contributed by atoms with van der Waals surface area (Å²) in [6.45, 7) is 9.70. The molecule has 0 atom stereocenters. The third kappa shape index (κ3) is 2.78. The lowest BCUT2D eigenvalue weighted by atomic mass is 9.74. The first-order chi connectivity index (χ1) is 9.60. The second-order valence-electron chi connectivity index (χ2n) is 7.53. The molecule has 0 aromatic rings. The Hall–Kier alpha value is -0.455. The minimum Gasteiger partial charge on any atom is -0.400 e. The van der Waals surface area contributed by atoms with Gasteiger partial charge in [0.25, 0.3) is 5.92 Å². The molecule has 1 aliphatic carbocycles. The molecule has 0 unspecified atom stereocenters. The Morgan fingerprint density at radius 3 is 2.14 bits per heavy atom. The van der Waals surface area contributed by atoms with Gasteiger partial charge in [0.1, 0.15) is 0 Å². The molecule has 0 spiro atoms. The van der Waals surface area contributed by atoms with E-state index >= 15 is 0 Å². The van der Waals surface area contributed by atoms with Gasteiger partial charge in [-0.1, -0.05) is 6.08 Å². The maximum atomic E-state index is 13.0. The van der Waals surface area contributed by atoms with E-state index in [-0.39, 0.29) is 37.2 Å². The normalized spacial score (nSPS) is 31.9. The lowest BCUT2D eigenvalue weighted by molar-refractivity contribution is -0.122. The predicted octanol–water partition coefficient (Wildman–Crippen LogP) is 3.05. The van der Waals surface area contributed by atoms with E-state index in [1.54, 1.807) is 0 Å². The number of nitrogens with zero attached hydrogens (tertiary/aromatic N) is 1. The van der Waals surface area contributed by atoms with Gasteiger partial charge in [-0.25, -0.2) is 8.78 Å². The first-order valence-corrected chi connectivity index (χ1v) is 7.76. The molecule has 3 aliphatic rings. The Labute approximate surface area is 125 Å². The van der Waals surface area contributed by atoms with Crippen LogP contribution in [0, 0.1) is 0 Å². The van der Waals surface area contributed by atoms with Crippen LogP contribution in [-0.4, -0.2) is 48.3 Å². The molecule has 0 N–H and O–H groups in total. The number of rotatable bonds is 2. The summed E-state index contributed by atoms with van der Waals surface area (Å²) in [6.07, 6.45) is 2.94. The van der Waals surface area contributed by atoms with E-state index in [1.165, 1.54) is 0 Å². The van der Waals surface area contributed by atoms with Crippen molar-refractivity contribution in [1.82, 2.24) is 4.90 Å². The van der Waals surface area contributed by atoms with Crippen LogP contribution >= 0.6 is 0 Å². The summed E-state index contributed by atoms with van der Waals surface area (Å²) in [6, 6.07) is 0.0381. The Balaban J connectivity index is 1.59. The minimum absolute atomic E-state index is 0.00661. The zero-order valence-corrected chi connectivity index (χ0v) is 13.3. The van der Waals surface area contributed by atoms with Crippen LogP contribution in [0.1, 0.15) is 47.0 Å². The van der Waals surface area contributed by atoms with Crippen molar-refractivity contribution >= 4 is 7.12 Å². The molecule has 1 saturated heterocycles. The number of hydrogen-bond donors (Lipinski definition) is 0. The van der Waals surface area contributed by atoms with Crippen LogP contribution < -0.4 is 0 Å². The minimum atomic E-state index is -2.44. The molecule has 0 aromatic heterocycles. The highest BCUT2D eigenvalue weighted by molar-refractivity contribution is 6.54. The second kappa shape index (κ2) is 4.77. The summed E-state index contributed by atoms with van der Waals surface area (Å²) in [5.41, 5.74) is 0.494. The Morgan fingerprint density at radius 2 is 1.71 bits per heavy atom. The van der Waals surface area contributed by atoms with Gasteiger partial charge in [-0.05, 0) is 39.6 Å². The molecule has 2 fully saturated rings. The molecule has 2 heterocycles. The number of hydrogen-bond acceptors (Lipinski definition) is 3. The van der Waals surface area contributed by atoms with Crippen LogP contribution in [-0.2, 0) is 9.31 Å². The first-order valence-electron chi connectivity index (χ1n) is 7.76. The molecule has 118 valence electrons. The highest BCUT2D eigenvalue weighted by Crippen LogP contribution is 2.42. The fourth-order valence-corrected chi connectivity index (χ4v) is 3.13. The molecule has 0 bridgehead atoms. The van der Waals surface area contributed by atoms with Crippen molar-refractivity contribution in [2.75, 3.05) is 13.1 Å². The Bertz CT molecular complexity index is 441. The van der Waals surface area contributed by atoms with Crippen LogP contribution in [0.4, 0.5) is 8.78 Å². The summed E-state index contributed by atoms with van der Waals surface area (Å²) in [5, 5.41) is 0.